The van der Waals surface area contributed by atoms with E-state index in [0.717, 1.165) is 30.3 Å². The van der Waals surface area contributed by atoms with Crippen LogP contribution in [-0.4, -0.2) is 37.0 Å². The number of aromatic nitrogens is 5. The van der Waals surface area contributed by atoms with Gasteiger partial charge in [0.15, 0.2) is 5.16 Å². The highest BCUT2D eigenvalue weighted by molar-refractivity contribution is 7.99. The molecule has 7 heteroatoms. The lowest BCUT2D eigenvalue weighted by atomic mass is 10.5. The maximum Gasteiger partial charge on any atom is 0.256 e. The fourth-order valence-corrected chi connectivity index (χ4v) is 2.09. The van der Waals surface area contributed by atoms with Crippen LogP contribution in [0, 0.1) is 0 Å². The van der Waals surface area contributed by atoms with Crippen molar-refractivity contribution in [3.05, 3.63) is 18.5 Å². The molecule has 2 aromatic heterocycles. The summed E-state index contributed by atoms with van der Waals surface area (Å²) < 4.78 is 1.65. The molecule has 0 saturated carbocycles. The zero-order valence-corrected chi connectivity index (χ0v) is 12.0. The smallest absolute Gasteiger partial charge is 0.256 e. The summed E-state index contributed by atoms with van der Waals surface area (Å²) in [6.07, 6.45) is 5.65. The molecular weight excluding hydrogens is 260 g/mol. The minimum Gasteiger partial charge on any atom is -0.354 e. The summed E-state index contributed by atoms with van der Waals surface area (Å²) in [6, 6.07) is 1.85. The lowest BCUT2D eigenvalue weighted by Crippen LogP contribution is -2.10. The van der Waals surface area contributed by atoms with E-state index in [-0.39, 0.29) is 0 Å². The van der Waals surface area contributed by atoms with Crippen molar-refractivity contribution in [2.24, 2.45) is 0 Å². The second kappa shape index (κ2) is 7.08. The molecule has 0 unspecified atom stereocenters. The van der Waals surface area contributed by atoms with Gasteiger partial charge in [-0.1, -0.05) is 25.6 Å². The molecule has 0 radical (unpaired) electrons. The van der Waals surface area contributed by atoms with Gasteiger partial charge in [0, 0.05) is 24.7 Å². The fourth-order valence-electron chi connectivity index (χ4n) is 1.41. The minimum atomic E-state index is 0.553. The predicted octanol–water partition coefficient (Wildman–Crippen LogP) is 2.38. The first-order valence-electron chi connectivity index (χ1n) is 6.46. The maximum absolute atomic E-state index is 4.42. The lowest BCUT2D eigenvalue weighted by Gasteiger charge is -2.07. The van der Waals surface area contributed by atoms with Crippen LogP contribution in [0.25, 0.3) is 5.95 Å². The lowest BCUT2D eigenvalue weighted by molar-refractivity contribution is 0.757. The van der Waals surface area contributed by atoms with Gasteiger partial charge in [-0.05, 0) is 18.9 Å². The van der Waals surface area contributed by atoms with Crippen LogP contribution in [0.15, 0.2) is 23.6 Å². The molecule has 0 aliphatic rings. The molecule has 1 N–H and O–H groups in total. The molecule has 2 rings (SSSR count). The molecule has 0 saturated heterocycles. The van der Waals surface area contributed by atoms with E-state index in [4.69, 9.17) is 0 Å². The summed E-state index contributed by atoms with van der Waals surface area (Å²) in [4.78, 5) is 13.2. The topological polar surface area (TPSA) is 68.5 Å². The summed E-state index contributed by atoms with van der Waals surface area (Å²) in [6.45, 7) is 5.09. The van der Waals surface area contributed by atoms with Crippen molar-refractivity contribution >= 4 is 17.7 Å². The molecule has 0 bridgehead atoms. The Balaban J connectivity index is 2.25. The van der Waals surface area contributed by atoms with Crippen LogP contribution in [0.3, 0.4) is 0 Å². The number of hydrogen-bond acceptors (Lipinski definition) is 6. The summed E-state index contributed by atoms with van der Waals surface area (Å²) >= 11 is 1.64. The van der Waals surface area contributed by atoms with Gasteiger partial charge in [-0.25, -0.2) is 4.68 Å². The first kappa shape index (κ1) is 13.8. The second-order valence-electron chi connectivity index (χ2n) is 3.97. The van der Waals surface area contributed by atoms with Gasteiger partial charge < -0.3 is 5.32 Å². The van der Waals surface area contributed by atoms with E-state index in [1.165, 1.54) is 0 Å². The zero-order chi connectivity index (χ0) is 13.5. The van der Waals surface area contributed by atoms with E-state index in [1.54, 1.807) is 22.6 Å². The molecule has 102 valence electrons. The Morgan fingerprint density at radius 3 is 2.79 bits per heavy atom. The molecule has 0 fully saturated rings. The number of hydrogen-bond donors (Lipinski definition) is 1. The Hall–Kier alpha value is -1.63. The van der Waals surface area contributed by atoms with Crippen LogP contribution in [0.5, 0.6) is 0 Å². The van der Waals surface area contributed by atoms with Gasteiger partial charge >= 0.3 is 0 Å². The third kappa shape index (κ3) is 3.92. The molecule has 6 nitrogen and oxygen atoms in total. The van der Waals surface area contributed by atoms with Gasteiger partial charge in [-0.3, -0.25) is 0 Å². The molecule has 2 heterocycles. The number of thioether (sulfide) groups is 1. The van der Waals surface area contributed by atoms with Crippen molar-refractivity contribution in [2.75, 3.05) is 17.6 Å². The quantitative estimate of drug-likeness (QED) is 0.784. The van der Waals surface area contributed by atoms with Crippen molar-refractivity contribution in [3.8, 4) is 5.95 Å². The molecule has 0 aliphatic heterocycles. The standard InChI is InChI=1S/C12H18N6S/c1-3-6-13-10-15-11(18-8-5-7-14-18)17-12(16-10)19-9-4-2/h5,7-8H,3-4,6,9H2,1-2H3,(H,13,15,16,17). The summed E-state index contributed by atoms with van der Waals surface area (Å²) in [7, 11) is 0. The van der Waals surface area contributed by atoms with Crippen LogP contribution in [0.2, 0.25) is 0 Å². The number of nitrogens with zero attached hydrogens (tertiary/aromatic N) is 5. The van der Waals surface area contributed by atoms with E-state index in [9.17, 15) is 0 Å². The van der Waals surface area contributed by atoms with Gasteiger partial charge in [0.1, 0.15) is 0 Å². The zero-order valence-electron chi connectivity index (χ0n) is 11.2. The third-order valence-corrected chi connectivity index (χ3v) is 3.33. The van der Waals surface area contributed by atoms with E-state index in [1.807, 2.05) is 12.3 Å². The van der Waals surface area contributed by atoms with Crippen LogP contribution in [0.1, 0.15) is 26.7 Å². The molecule has 19 heavy (non-hydrogen) atoms. The molecule has 0 aliphatic carbocycles. The van der Waals surface area contributed by atoms with Crippen molar-refractivity contribution in [1.82, 2.24) is 24.7 Å². The monoisotopic (exact) mass is 278 g/mol. The number of nitrogens with one attached hydrogen (secondary N) is 1. The average Bonchev–Trinajstić information content (AvgIpc) is 2.97. The minimum absolute atomic E-state index is 0.553. The third-order valence-electron chi connectivity index (χ3n) is 2.28. The Kier molecular flexibility index (Phi) is 5.14. The van der Waals surface area contributed by atoms with E-state index in [0.29, 0.717) is 11.9 Å². The Bertz CT molecular complexity index is 473. The van der Waals surface area contributed by atoms with Gasteiger partial charge in [0.25, 0.3) is 5.95 Å². The molecule has 2 aromatic rings. The van der Waals surface area contributed by atoms with Crippen molar-refractivity contribution < 1.29 is 0 Å². The normalized spacial score (nSPS) is 10.6. The average molecular weight is 278 g/mol. The predicted molar refractivity (Wildman–Crippen MR) is 76.7 cm³/mol. The van der Waals surface area contributed by atoms with Gasteiger partial charge in [0.2, 0.25) is 5.95 Å². The van der Waals surface area contributed by atoms with E-state index in [2.05, 4.69) is 39.2 Å². The highest BCUT2D eigenvalue weighted by atomic mass is 32.2. The fraction of sp³-hybridized carbons (Fsp3) is 0.500. The number of rotatable bonds is 7. The summed E-state index contributed by atoms with van der Waals surface area (Å²) in [5.41, 5.74) is 0. The first-order valence-corrected chi connectivity index (χ1v) is 7.44. The molecular formula is C12H18N6S. The van der Waals surface area contributed by atoms with Crippen molar-refractivity contribution in [1.29, 1.82) is 0 Å². The van der Waals surface area contributed by atoms with Crippen molar-refractivity contribution in [2.45, 2.75) is 31.8 Å². The summed E-state index contributed by atoms with van der Waals surface area (Å²) in [5.74, 6) is 2.16. The first-order chi connectivity index (χ1) is 9.33. The molecule has 0 amide bonds. The highest BCUT2D eigenvalue weighted by Crippen LogP contribution is 2.16. The molecule has 0 spiro atoms. The molecule has 0 aromatic carbocycles. The number of anilines is 1. The summed E-state index contributed by atoms with van der Waals surface area (Å²) in [5, 5.41) is 8.09. The largest absolute Gasteiger partial charge is 0.354 e. The second-order valence-corrected chi connectivity index (χ2v) is 5.03. The van der Waals surface area contributed by atoms with Crippen LogP contribution in [-0.2, 0) is 0 Å². The molecule has 0 atom stereocenters. The Morgan fingerprint density at radius 2 is 2.11 bits per heavy atom. The highest BCUT2D eigenvalue weighted by Gasteiger charge is 2.08. The Morgan fingerprint density at radius 1 is 1.21 bits per heavy atom. The maximum atomic E-state index is 4.42. The van der Waals surface area contributed by atoms with Crippen LogP contribution < -0.4 is 5.32 Å². The van der Waals surface area contributed by atoms with E-state index >= 15 is 0 Å². The van der Waals surface area contributed by atoms with E-state index < -0.39 is 0 Å². The van der Waals surface area contributed by atoms with Gasteiger partial charge in [-0.2, -0.15) is 20.1 Å². The van der Waals surface area contributed by atoms with Crippen LogP contribution >= 0.6 is 11.8 Å². The Labute approximate surface area is 117 Å². The van der Waals surface area contributed by atoms with Gasteiger partial charge in [-0.15, -0.1) is 0 Å². The van der Waals surface area contributed by atoms with Crippen molar-refractivity contribution in [3.63, 3.8) is 0 Å². The van der Waals surface area contributed by atoms with Crippen LogP contribution in [0.4, 0.5) is 5.95 Å². The van der Waals surface area contributed by atoms with Gasteiger partial charge in [0.05, 0.1) is 0 Å². The SMILES string of the molecule is CCCNc1nc(SCCC)nc(-n2cccn2)n1.